The van der Waals surface area contributed by atoms with E-state index in [1.165, 1.54) is 17.0 Å². The molecule has 5 aliphatic rings. The summed E-state index contributed by atoms with van der Waals surface area (Å²) in [6.45, 7) is 4.67. The summed E-state index contributed by atoms with van der Waals surface area (Å²) in [4.78, 5) is 57.5. The summed E-state index contributed by atoms with van der Waals surface area (Å²) >= 11 is 14.9. The van der Waals surface area contributed by atoms with Crippen LogP contribution >= 0.6 is 23.2 Å². The number of hydrogen-bond acceptors (Lipinski definition) is 8. The van der Waals surface area contributed by atoms with Crippen molar-refractivity contribution in [3.63, 3.8) is 0 Å². The summed E-state index contributed by atoms with van der Waals surface area (Å²) in [5.41, 5.74) is 2.16. The zero-order valence-electron chi connectivity index (χ0n) is 27.6. The molecule has 2 aliphatic carbocycles. The molecule has 6 atom stereocenters. The van der Waals surface area contributed by atoms with E-state index in [4.69, 9.17) is 32.7 Å². The fraction of sp³-hybridized carbons (Fsp3) is 0.368. The molecule has 0 spiro atoms. The summed E-state index contributed by atoms with van der Waals surface area (Å²) in [6, 6.07) is 16.8. The van der Waals surface area contributed by atoms with Crippen LogP contribution in [0.4, 0.5) is 21.5 Å². The van der Waals surface area contributed by atoms with E-state index < -0.39 is 57.0 Å². The van der Waals surface area contributed by atoms with Crippen LogP contribution in [0, 0.1) is 23.6 Å². The van der Waals surface area contributed by atoms with E-state index in [1.54, 1.807) is 43.3 Å². The Morgan fingerprint density at radius 1 is 0.863 bits per heavy atom. The zero-order chi connectivity index (χ0) is 35.8. The summed E-state index contributed by atoms with van der Waals surface area (Å²) < 4.78 is 25.1. The van der Waals surface area contributed by atoms with Gasteiger partial charge < -0.3 is 19.5 Å². The lowest BCUT2D eigenvalue weighted by atomic mass is 9.56. The Labute approximate surface area is 303 Å². The maximum absolute atomic E-state index is 14.6. The van der Waals surface area contributed by atoms with Crippen LogP contribution in [0.25, 0.3) is 0 Å². The van der Waals surface area contributed by atoms with Gasteiger partial charge in [0.05, 0.1) is 43.0 Å². The number of fused-ring (bicyclic) bond motifs is 4. The molecule has 0 bridgehead atoms. The van der Waals surface area contributed by atoms with Gasteiger partial charge in [-0.2, -0.15) is 0 Å². The number of rotatable bonds is 6. The largest absolute Gasteiger partial charge is 0.504 e. The number of aromatic hydroxyl groups is 1. The van der Waals surface area contributed by atoms with E-state index in [0.717, 1.165) is 35.8 Å². The van der Waals surface area contributed by atoms with Crippen LogP contribution in [0.15, 0.2) is 78.4 Å². The van der Waals surface area contributed by atoms with Gasteiger partial charge in [-0.25, -0.2) is 9.29 Å². The van der Waals surface area contributed by atoms with E-state index in [-0.39, 0.29) is 48.1 Å². The van der Waals surface area contributed by atoms with Gasteiger partial charge in [0.2, 0.25) is 11.8 Å². The van der Waals surface area contributed by atoms with Gasteiger partial charge in [-0.3, -0.25) is 24.1 Å². The van der Waals surface area contributed by atoms with Crippen LogP contribution in [-0.2, 0) is 23.9 Å². The van der Waals surface area contributed by atoms with E-state index in [1.807, 2.05) is 12.1 Å². The van der Waals surface area contributed by atoms with Gasteiger partial charge in [0.25, 0.3) is 11.8 Å². The highest BCUT2D eigenvalue weighted by Gasteiger charge is 2.77. The van der Waals surface area contributed by atoms with E-state index >= 15 is 0 Å². The Bertz CT molecular complexity index is 1990. The lowest BCUT2D eigenvalue weighted by molar-refractivity contribution is -0.125. The smallest absolute Gasteiger partial charge is 0.258 e. The quantitative estimate of drug-likeness (QED) is 0.200. The van der Waals surface area contributed by atoms with Crippen molar-refractivity contribution in [3.05, 3.63) is 89.8 Å². The van der Waals surface area contributed by atoms with Crippen LogP contribution in [-0.4, -0.2) is 71.4 Å². The summed E-state index contributed by atoms with van der Waals surface area (Å²) in [7, 11) is 0. The Kier molecular flexibility index (Phi) is 8.16. The van der Waals surface area contributed by atoms with Gasteiger partial charge in [0, 0.05) is 30.3 Å². The van der Waals surface area contributed by atoms with Crippen molar-refractivity contribution in [3.8, 4) is 11.5 Å². The van der Waals surface area contributed by atoms with Gasteiger partial charge in [0.1, 0.15) is 5.82 Å². The second-order valence-electron chi connectivity index (χ2n) is 13.5. The van der Waals surface area contributed by atoms with Crippen molar-refractivity contribution >= 4 is 63.9 Å². The molecule has 4 fully saturated rings. The Balaban J connectivity index is 1.23. The SMILES string of the molecule is CCOc1cccc([C@H]2C3=CC[C@@H]4C(=O)N(c5ccc(N6CCOCC6)cc5)C(=O)[C@@H]4[C@@H]3C[C@@]3(Cl)C(=O)N(c4ccc(F)cc4)C(=O)[C@@]23Cl)c1O. The van der Waals surface area contributed by atoms with Crippen molar-refractivity contribution in [1.29, 1.82) is 0 Å². The number of hydrogen-bond donors (Lipinski definition) is 1. The number of imide groups is 2. The first-order valence-corrected chi connectivity index (χ1v) is 17.7. The van der Waals surface area contributed by atoms with E-state index in [2.05, 4.69) is 4.90 Å². The number of carbonyl (C=O) groups is 4. The molecular weight excluding hydrogens is 700 g/mol. The fourth-order valence-electron chi connectivity index (χ4n) is 8.68. The van der Waals surface area contributed by atoms with Crippen molar-refractivity contribution in [2.24, 2.45) is 17.8 Å². The average molecular weight is 735 g/mol. The molecule has 0 radical (unpaired) electrons. The zero-order valence-corrected chi connectivity index (χ0v) is 29.1. The molecule has 3 aromatic rings. The third-order valence-electron chi connectivity index (χ3n) is 11.0. The minimum absolute atomic E-state index is 0.0699. The predicted octanol–water partition coefficient (Wildman–Crippen LogP) is 5.53. The van der Waals surface area contributed by atoms with Crippen molar-refractivity contribution in [1.82, 2.24) is 0 Å². The molecule has 3 aromatic carbocycles. The molecule has 3 aliphatic heterocycles. The molecule has 13 heteroatoms. The van der Waals surface area contributed by atoms with Gasteiger partial charge in [-0.1, -0.05) is 23.8 Å². The number of ether oxygens (including phenoxy) is 2. The Morgan fingerprint density at radius 3 is 2.20 bits per heavy atom. The van der Waals surface area contributed by atoms with Gasteiger partial charge in [0.15, 0.2) is 21.2 Å². The van der Waals surface area contributed by atoms with E-state index in [9.17, 15) is 28.7 Å². The predicted molar refractivity (Wildman–Crippen MR) is 188 cm³/mol. The molecule has 3 heterocycles. The molecule has 1 saturated carbocycles. The monoisotopic (exact) mass is 733 g/mol. The van der Waals surface area contributed by atoms with Crippen LogP contribution in [0.3, 0.4) is 0 Å². The van der Waals surface area contributed by atoms with E-state index in [0.29, 0.717) is 24.5 Å². The van der Waals surface area contributed by atoms with Gasteiger partial charge in [-0.15, -0.1) is 23.2 Å². The number of halogens is 3. The number of anilines is 3. The third-order valence-corrected chi connectivity index (χ3v) is 12.4. The summed E-state index contributed by atoms with van der Waals surface area (Å²) in [5, 5.41) is 11.6. The number of para-hydroxylation sites is 1. The first-order valence-electron chi connectivity index (χ1n) is 17.0. The third kappa shape index (κ3) is 4.84. The number of nitrogens with zero attached hydrogens (tertiary/aromatic N) is 3. The number of phenolic OH excluding ortho intramolecular Hbond substituents is 1. The highest BCUT2D eigenvalue weighted by atomic mass is 35.5. The highest BCUT2D eigenvalue weighted by Crippen LogP contribution is 2.67. The Morgan fingerprint density at radius 2 is 1.51 bits per heavy atom. The minimum Gasteiger partial charge on any atom is -0.504 e. The molecule has 0 aromatic heterocycles. The topological polar surface area (TPSA) is 117 Å². The number of allylic oxidation sites excluding steroid dienone is 2. The van der Waals surface area contributed by atoms with Gasteiger partial charge >= 0.3 is 0 Å². The molecule has 264 valence electrons. The standard InChI is InChI=1S/C38H34Cl2FN3O7/c1-2-51-29-5-3-4-27(32(29)45)31-25-14-15-26-30(34(47)43(33(26)46)23-12-10-22(11-13-23)42-16-18-50-19-17-42)28(25)20-37(39)35(48)44(36(49)38(31,37)40)24-8-6-21(41)7-9-24/h3-14,26,28,30-31,45H,2,15-20H2,1H3/t26-,28+,30-,31+,37+,38-/m0/s1. The normalized spacial score (nSPS) is 30.3. The van der Waals surface area contributed by atoms with Gasteiger partial charge in [-0.05, 0) is 80.3 Å². The second kappa shape index (κ2) is 12.4. The lowest BCUT2D eigenvalue weighted by Crippen LogP contribution is -2.60. The number of alkyl halides is 2. The maximum atomic E-state index is 14.6. The van der Waals surface area contributed by atoms with Crippen molar-refractivity contribution in [2.75, 3.05) is 47.6 Å². The molecule has 10 nitrogen and oxygen atoms in total. The molecule has 51 heavy (non-hydrogen) atoms. The fourth-order valence-corrected chi connectivity index (χ4v) is 9.60. The van der Waals surface area contributed by atoms with Crippen LogP contribution in [0.2, 0.25) is 0 Å². The molecule has 0 unspecified atom stereocenters. The summed E-state index contributed by atoms with van der Waals surface area (Å²) in [5.74, 6) is -6.90. The molecular formula is C38H34Cl2FN3O7. The first-order chi connectivity index (χ1) is 24.5. The second-order valence-corrected chi connectivity index (χ2v) is 14.7. The van der Waals surface area contributed by atoms with Crippen LogP contribution in [0.1, 0.15) is 31.2 Å². The minimum atomic E-state index is -2.18. The Hall–Kier alpha value is -4.45. The number of morpholine rings is 1. The number of phenols is 1. The lowest BCUT2D eigenvalue weighted by Gasteiger charge is -2.50. The maximum Gasteiger partial charge on any atom is 0.258 e. The van der Waals surface area contributed by atoms with Crippen LogP contribution in [0.5, 0.6) is 11.5 Å². The van der Waals surface area contributed by atoms with Crippen LogP contribution < -0.4 is 19.4 Å². The number of amides is 4. The van der Waals surface area contributed by atoms with Crippen molar-refractivity contribution < 1.29 is 38.1 Å². The summed E-state index contributed by atoms with van der Waals surface area (Å²) in [6.07, 6.45) is 1.73. The highest BCUT2D eigenvalue weighted by molar-refractivity contribution is 6.58. The molecule has 8 rings (SSSR count). The first kappa shape index (κ1) is 33.7. The molecule has 1 N–H and O–H groups in total. The number of benzene rings is 3. The molecule has 4 amide bonds. The molecule has 3 saturated heterocycles. The number of carbonyl (C=O) groups excluding carboxylic acids is 4. The average Bonchev–Trinajstić information content (AvgIpc) is 3.48. The van der Waals surface area contributed by atoms with Crippen molar-refractivity contribution in [2.45, 2.75) is 35.4 Å².